The molecule has 5 heterocycles. The van der Waals surface area contributed by atoms with Gasteiger partial charge in [-0.2, -0.15) is 22.7 Å². The van der Waals surface area contributed by atoms with Crippen molar-refractivity contribution >= 4 is 106 Å². The number of nitrogens with one attached hydrogen (secondary N) is 2. The third-order valence-electron chi connectivity index (χ3n) is 7.68. The lowest BCUT2D eigenvalue weighted by Gasteiger charge is -2.23. The first kappa shape index (κ1) is 34.6. The van der Waals surface area contributed by atoms with Crippen LogP contribution in [0.15, 0.2) is 77.7 Å². The topological polar surface area (TPSA) is 48.1 Å². The monoisotopic (exact) mass is 821 g/mol. The van der Waals surface area contributed by atoms with Crippen molar-refractivity contribution in [3.63, 3.8) is 0 Å². The molecule has 0 radical (unpaired) electrons. The molecule has 0 saturated carbocycles. The Hall–Kier alpha value is -1.76. The Morgan fingerprint density at radius 2 is 1.40 bits per heavy atom. The number of anilines is 1. The largest absolute Gasteiger partial charge is 0.371 e. The molecule has 0 aliphatic carbocycles. The van der Waals surface area contributed by atoms with Crippen LogP contribution in [-0.2, 0) is 25.9 Å². The third-order valence-corrected chi connectivity index (χ3v) is 14.0. The second-order valence-electron chi connectivity index (χ2n) is 10.6. The molecular formula is C34H34Br2ClN3OS4. The molecule has 1 aromatic carbocycles. The van der Waals surface area contributed by atoms with Crippen LogP contribution in [0.1, 0.15) is 39.8 Å². The minimum Gasteiger partial charge on any atom is -0.371 e. The molecule has 0 amide bonds. The van der Waals surface area contributed by atoms with E-state index in [1.54, 1.807) is 28.7 Å². The van der Waals surface area contributed by atoms with Crippen molar-refractivity contribution in [1.29, 1.82) is 0 Å². The molecule has 6 aromatic rings. The number of aryl methyl sites for hydroxylation is 2. The van der Waals surface area contributed by atoms with Crippen molar-refractivity contribution in [3.8, 4) is 22.3 Å². The van der Waals surface area contributed by atoms with Crippen molar-refractivity contribution in [2.24, 2.45) is 0 Å². The molecule has 0 aliphatic heterocycles. The Labute approximate surface area is 303 Å². The molecule has 0 bridgehead atoms. The Bertz CT molecular complexity index is 1820. The number of fused-ring (bicyclic) bond motifs is 1. The Balaban J connectivity index is 0.00000400. The highest BCUT2D eigenvalue weighted by Crippen LogP contribution is 2.44. The summed E-state index contributed by atoms with van der Waals surface area (Å²) in [4.78, 5) is 24.2. The fourth-order valence-electron chi connectivity index (χ4n) is 5.52. The molecule has 0 aliphatic rings. The summed E-state index contributed by atoms with van der Waals surface area (Å²) in [7, 11) is 0. The van der Waals surface area contributed by atoms with Crippen LogP contribution in [0.3, 0.4) is 0 Å². The number of halogens is 3. The van der Waals surface area contributed by atoms with Gasteiger partial charge >= 0.3 is 0 Å². The predicted octanol–water partition coefficient (Wildman–Crippen LogP) is 11.7. The third kappa shape index (κ3) is 7.70. The summed E-state index contributed by atoms with van der Waals surface area (Å²) in [5.41, 5.74) is 6.15. The van der Waals surface area contributed by atoms with Crippen molar-refractivity contribution in [2.75, 3.05) is 18.4 Å². The SMILES string of the molecule is CCc1sc(CN(CCCNc2cc(=O)c3ccccc3[nH]2)Cc2sc(CC)c(Br)c2-c2ccsc2)c(-c2ccsc2)c1Br.Cl. The van der Waals surface area contributed by atoms with Gasteiger partial charge in [-0.3, -0.25) is 9.69 Å². The lowest BCUT2D eigenvalue weighted by Crippen LogP contribution is -2.25. The van der Waals surface area contributed by atoms with Gasteiger partial charge in [-0.1, -0.05) is 26.0 Å². The van der Waals surface area contributed by atoms with E-state index in [2.05, 4.69) is 94.6 Å². The van der Waals surface area contributed by atoms with Crippen LogP contribution in [0.5, 0.6) is 0 Å². The fraction of sp³-hybridized carbons (Fsp3) is 0.265. The number of benzene rings is 1. The molecule has 0 fully saturated rings. The molecule has 0 unspecified atom stereocenters. The molecular weight excluding hydrogens is 790 g/mol. The van der Waals surface area contributed by atoms with Gasteiger partial charge in [-0.15, -0.1) is 35.1 Å². The van der Waals surface area contributed by atoms with Gasteiger partial charge in [0.2, 0.25) is 0 Å². The van der Waals surface area contributed by atoms with E-state index in [4.69, 9.17) is 0 Å². The van der Waals surface area contributed by atoms with Crippen LogP contribution in [0.25, 0.3) is 33.2 Å². The highest BCUT2D eigenvalue weighted by molar-refractivity contribution is 9.11. The van der Waals surface area contributed by atoms with Gasteiger partial charge in [0.15, 0.2) is 5.43 Å². The number of thiophene rings is 4. The maximum atomic E-state index is 12.6. The van der Waals surface area contributed by atoms with E-state index in [-0.39, 0.29) is 17.8 Å². The summed E-state index contributed by atoms with van der Waals surface area (Å²) in [5, 5.41) is 13.0. The quantitative estimate of drug-likeness (QED) is 0.114. The van der Waals surface area contributed by atoms with Gasteiger partial charge in [-0.25, -0.2) is 0 Å². The average molecular weight is 824 g/mol. The van der Waals surface area contributed by atoms with Crippen molar-refractivity contribution in [3.05, 3.63) is 103 Å². The number of rotatable bonds is 13. The van der Waals surface area contributed by atoms with E-state index in [9.17, 15) is 4.79 Å². The number of nitrogens with zero attached hydrogens (tertiary/aromatic N) is 1. The minimum atomic E-state index is 0. The molecule has 236 valence electrons. The van der Waals surface area contributed by atoms with E-state index in [1.165, 1.54) is 50.7 Å². The van der Waals surface area contributed by atoms with Crippen molar-refractivity contribution < 1.29 is 0 Å². The molecule has 2 N–H and O–H groups in total. The molecule has 0 saturated heterocycles. The first-order valence-corrected chi connectivity index (χ1v) is 19.8. The highest BCUT2D eigenvalue weighted by atomic mass is 79.9. The maximum absolute atomic E-state index is 12.6. The molecule has 11 heteroatoms. The average Bonchev–Trinajstić information content (AvgIpc) is 3.83. The zero-order chi connectivity index (χ0) is 30.6. The summed E-state index contributed by atoms with van der Waals surface area (Å²) in [6.07, 6.45) is 2.96. The van der Waals surface area contributed by atoms with E-state index in [0.29, 0.717) is 5.39 Å². The molecule has 4 nitrogen and oxygen atoms in total. The summed E-state index contributed by atoms with van der Waals surface area (Å²) in [6, 6.07) is 13.8. The van der Waals surface area contributed by atoms with Crippen LogP contribution >= 0.6 is 89.6 Å². The van der Waals surface area contributed by atoms with Gasteiger partial charge in [0.05, 0.1) is 5.52 Å². The minimum absolute atomic E-state index is 0. The normalized spacial score (nSPS) is 11.4. The molecule has 0 atom stereocenters. The number of aromatic nitrogens is 1. The number of H-pyrrole nitrogens is 1. The maximum Gasteiger partial charge on any atom is 0.191 e. The number of hydrogen-bond donors (Lipinski definition) is 2. The van der Waals surface area contributed by atoms with E-state index < -0.39 is 0 Å². The van der Waals surface area contributed by atoms with Gasteiger partial charge < -0.3 is 10.3 Å². The lowest BCUT2D eigenvalue weighted by atomic mass is 10.1. The molecule has 0 spiro atoms. The Kier molecular flexibility index (Phi) is 12.2. The summed E-state index contributed by atoms with van der Waals surface area (Å²) >= 11 is 15.3. The number of pyridine rings is 1. The first-order chi connectivity index (χ1) is 21.5. The zero-order valence-corrected chi connectivity index (χ0v) is 32.2. The van der Waals surface area contributed by atoms with Crippen LogP contribution < -0.4 is 10.7 Å². The summed E-state index contributed by atoms with van der Waals surface area (Å²) in [6.45, 7) is 7.91. The first-order valence-electron chi connectivity index (χ1n) is 14.7. The van der Waals surface area contributed by atoms with Crippen molar-refractivity contribution in [2.45, 2.75) is 46.2 Å². The number of aromatic amines is 1. The van der Waals surface area contributed by atoms with Crippen molar-refractivity contribution in [1.82, 2.24) is 9.88 Å². The second kappa shape index (κ2) is 15.9. The number of para-hydroxylation sites is 1. The summed E-state index contributed by atoms with van der Waals surface area (Å²) in [5.74, 6) is 0.768. The molecule has 5 aromatic heterocycles. The van der Waals surface area contributed by atoms with Gasteiger partial charge in [0.25, 0.3) is 0 Å². The van der Waals surface area contributed by atoms with E-state index in [1.807, 2.05) is 46.9 Å². The van der Waals surface area contributed by atoms with Crippen LogP contribution in [0.2, 0.25) is 0 Å². The van der Waals surface area contributed by atoms with E-state index >= 15 is 0 Å². The van der Waals surface area contributed by atoms with Gasteiger partial charge in [0, 0.05) is 77.2 Å². The second-order valence-corrected chi connectivity index (χ2v) is 16.1. The smallest absolute Gasteiger partial charge is 0.191 e. The zero-order valence-electron chi connectivity index (χ0n) is 25.0. The summed E-state index contributed by atoms with van der Waals surface area (Å²) < 4.78 is 2.48. The van der Waals surface area contributed by atoms with Crippen LogP contribution in [0.4, 0.5) is 5.82 Å². The fourth-order valence-corrected chi connectivity index (χ4v) is 11.5. The van der Waals surface area contributed by atoms with Gasteiger partial charge in [-0.05, 0) is 108 Å². The molecule has 45 heavy (non-hydrogen) atoms. The Morgan fingerprint density at radius 1 is 0.822 bits per heavy atom. The van der Waals surface area contributed by atoms with Crippen LogP contribution in [-0.4, -0.2) is 23.0 Å². The predicted molar refractivity (Wildman–Crippen MR) is 208 cm³/mol. The van der Waals surface area contributed by atoms with Crippen LogP contribution in [0, 0.1) is 0 Å². The Morgan fingerprint density at radius 3 is 1.93 bits per heavy atom. The van der Waals surface area contributed by atoms with Gasteiger partial charge in [0.1, 0.15) is 5.82 Å². The lowest BCUT2D eigenvalue weighted by molar-refractivity contribution is 0.261. The highest BCUT2D eigenvalue weighted by Gasteiger charge is 2.23. The standard InChI is InChI=1S/C34H33Br2N3OS4.ClH/c1-3-26-33(35)31(21-10-14-41-19-21)28(43-26)17-39(18-29-32(22-11-15-42-20-22)34(36)27(4-2)44-29)13-7-12-37-30-16-25(40)23-8-5-6-9-24(23)38-30;/h5-6,8-11,14-16,19-20H,3-4,7,12-13,17-18H2,1-2H3,(H2,37,38,40);1H. The number of hydrogen-bond acceptors (Lipinski definition) is 7. The van der Waals surface area contributed by atoms with E-state index in [0.717, 1.165) is 56.8 Å². The molecule has 6 rings (SSSR count).